The second kappa shape index (κ2) is 3.93. The van der Waals surface area contributed by atoms with Gasteiger partial charge in [-0.25, -0.2) is 0 Å². The van der Waals surface area contributed by atoms with Crippen LogP contribution in [0.25, 0.3) is 0 Å². The summed E-state index contributed by atoms with van der Waals surface area (Å²) in [5, 5.41) is 10.5. The van der Waals surface area contributed by atoms with Crippen LogP contribution in [0.2, 0.25) is 0 Å². The van der Waals surface area contributed by atoms with E-state index in [-0.39, 0.29) is 23.3 Å². The quantitative estimate of drug-likeness (QED) is 0.548. The molecule has 7 nitrogen and oxygen atoms in total. The minimum atomic E-state index is -0.539. The predicted molar refractivity (Wildman–Crippen MR) is 55.9 cm³/mol. The molecule has 16 heavy (non-hydrogen) atoms. The SMILES string of the molecule is NC1CCN(C(=O)c2cc([N+](=O)[O-])c[nH]2)C1. The van der Waals surface area contributed by atoms with E-state index in [4.69, 9.17) is 5.73 Å². The highest BCUT2D eigenvalue weighted by atomic mass is 16.6. The van der Waals surface area contributed by atoms with Crippen molar-refractivity contribution in [2.24, 2.45) is 5.73 Å². The molecule has 1 aromatic heterocycles. The number of hydrogen-bond donors (Lipinski definition) is 2. The van der Waals surface area contributed by atoms with Gasteiger partial charge in [-0.2, -0.15) is 0 Å². The summed E-state index contributed by atoms with van der Waals surface area (Å²) >= 11 is 0. The highest BCUT2D eigenvalue weighted by Crippen LogP contribution is 2.16. The lowest BCUT2D eigenvalue weighted by Gasteiger charge is -2.13. The van der Waals surface area contributed by atoms with Crippen LogP contribution in [-0.4, -0.2) is 39.8 Å². The van der Waals surface area contributed by atoms with Crippen LogP contribution in [0.5, 0.6) is 0 Å². The third kappa shape index (κ3) is 1.89. The lowest BCUT2D eigenvalue weighted by Crippen LogP contribution is -2.32. The van der Waals surface area contributed by atoms with Crippen LogP contribution in [0.1, 0.15) is 16.9 Å². The van der Waals surface area contributed by atoms with Crippen LogP contribution < -0.4 is 5.73 Å². The minimum Gasteiger partial charge on any atom is -0.351 e. The third-order valence-corrected chi connectivity index (χ3v) is 2.62. The number of H-pyrrole nitrogens is 1. The Balaban J connectivity index is 2.11. The lowest BCUT2D eigenvalue weighted by molar-refractivity contribution is -0.384. The molecule has 86 valence electrons. The molecule has 3 N–H and O–H groups in total. The van der Waals surface area contributed by atoms with Gasteiger partial charge in [0.1, 0.15) is 5.69 Å². The topological polar surface area (TPSA) is 105 Å². The van der Waals surface area contributed by atoms with Crippen molar-refractivity contribution in [3.63, 3.8) is 0 Å². The lowest BCUT2D eigenvalue weighted by atomic mass is 10.3. The number of hydrogen-bond acceptors (Lipinski definition) is 4. The molecule has 7 heteroatoms. The summed E-state index contributed by atoms with van der Waals surface area (Å²) in [6, 6.07) is 1.25. The highest BCUT2D eigenvalue weighted by Gasteiger charge is 2.26. The summed E-state index contributed by atoms with van der Waals surface area (Å²) < 4.78 is 0. The first-order valence-corrected chi connectivity index (χ1v) is 4.95. The Kier molecular flexibility index (Phi) is 2.61. The average Bonchev–Trinajstić information content (AvgIpc) is 2.84. The highest BCUT2D eigenvalue weighted by molar-refractivity contribution is 5.93. The fourth-order valence-electron chi connectivity index (χ4n) is 1.75. The largest absolute Gasteiger partial charge is 0.351 e. The molecule has 1 amide bonds. The molecule has 1 aliphatic heterocycles. The molecular formula is C9H12N4O3. The molecule has 2 rings (SSSR count). The first-order valence-electron chi connectivity index (χ1n) is 4.95. The van der Waals surface area contributed by atoms with Crippen molar-refractivity contribution in [3.05, 3.63) is 28.1 Å². The van der Waals surface area contributed by atoms with Gasteiger partial charge in [-0.15, -0.1) is 0 Å². The van der Waals surface area contributed by atoms with Gasteiger partial charge in [0.25, 0.3) is 11.6 Å². The zero-order valence-electron chi connectivity index (χ0n) is 8.55. The molecule has 0 saturated carbocycles. The van der Waals surface area contributed by atoms with Gasteiger partial charge in [0.2, 0.25) is 0 Å². The van der Waals surface area contributed by atoms with Gasteiger partial charge in [-0.1, -0.05) is 0 Å². The van der Waals surface area contributed by atoms with E-state index in [0.29, 0.717) is 13.1 Å². The summed E-state index contributed by atoms with van der Waals surface area (Å²) in [7, 11) is 0. The zero-order valence-corrected chi connectivity index (χ0v) is 8.55. The van der Waals surface area contributed by atoms with Crippen LogP contribution in [0.15, 0.2) is 12.3 Å². The number of likely N-dealkylation sites (tertiary alicyclic amines) is 1. The van der Waals surface area contributed by atoms with Crippen LogP contribution in [-0.2, 0) is 0 Å². The van der Waals surface area contributed by atoms with Crippen molar-refractivity contribution < 1.29 is 9.72 Å². The van der Waals surface area contributed by atoms with Crippen molar-refractivity contribution >= 4 is 11.6 Å². The molecule has 0 aliphatic carbocycles. The smallest absolute Gasteiger partial charge is 0.287 e. The Bertz CT molecular complexity index is 428. The van der Waals surface area contributed by atoms with E-state index in [9.17, 15) is 14.9 Å². The summed E-state index contributed by atoms with van der Waals surface area (Å²) in [6.07, 6.45) is 1.98. The minimum absolute atomic E-state index is 0.00824. The van der Waals surface area contributed by atoms with Gasteiger partial charge in [-0.05, 0) is 6.42 Å². The van der Waals surface area contributed by atoms with Gasteiger partial charge in [0, 0.05) is 25.2 Å². The van der Waals surface area contributed by atoms with Crippen LogP contribution in [0, 0.1) is 10.1 Å². The van der Waals surface area contributed by atoms with Crippen LogP contribution in [0.3, 0.4) is 0 Å². The van der Waals surface area contributed by atoms with E-state index in [2.05, 4.69) is 4.98 Å². The molecule has 0 spiro atoms. The number of carbonyl (C=O) groups excluding carboxylic acids is 1. The summed E-state index contributed by atoms with van der Waals surface area (Å²) in [5.74, 6) is -0.235. The Morgan fingerprint density at radius 1 is 1.69 bits per heavy atom. The first kappa shape index (κ1) is 10.6. The van der Waals surface area contributed by atoms with Crippen molar-refractivity contribution in [2.75, 3.05) is 13.1 Å². The van der Waals surface area contributed by atoms with Gasteiger partial charge >= 0.3 is 0 Å². The van der Waals surface area contributed by atoms with E-state index in [1.54, 1.807) is 4.90 Å². The van der Waals surface area contributed by atoms with Crippen LogP contribution >= 0.6 is 0 Å². The predicted octanol–water partition coefficient (Wildman–Crippen LogP) is 0.0961. The Morgan fingerprint density at radius 2 is 2.44 bits per heavy atom. The Morgan fingerprint density at radius 3 is 2.94 bits per heavy atom. The number of nitrogens with two attached hydrogens (primary N) is 1. The second-order valence-corrected chi connectivity index (χ2v) is 3.83. The Hall–Kier alpha value is -1.89. The molecule has 2 heterocycles. The molecule has 0 aromatic carbocycles. The van der Waals surface area contributed by atoms with E-state index in [1.807, 2.05) is 0 Å². The van der Waals surface area contributed by atoms with Gasteiger partial charge < -0.3 is 15.6 Å². The average molecular weight is 224 g/mol. The number of nitrogens with zero attached hydrogens (tertiary/aromatic N) is 2. The standard InChI is InChI=1S/C9H12N4O3/c10-6-1-2-12(5-6)9(14)8-3-7(4-11-8)13(15)16/h3-4,6,11H,1-2,5,10H2. The maximum atomic E-state index is 11.8. The molecule has 0 radical (unpaired) electrons. The van der Waals surface area contributed by atoms with E-state index in [0.717, 1.165) is 6.42 Å². The number of nitro groups is 1. The molecule has 1 fully saturated rings. The van der Waals surface area contributed by atoms with Crippen molar-refractivity contribution in [1.82, 2.24) is 9.88 Å². The number of amides is 1. The number of rotatable bonds is 2. The normalized spacial score (nSPS) is 20.1. The molecule has 0 bridgehead atoms. The van der Waals surface area contributed by atoms with E-state index < -0.39 is 4.92 Å². The summed E-state index contributed by atoms with van der Waals surface area (Å²) in [6.45, 7) is 1.11. The second-order valence-electron chi connectivity index (χ2n) is 3.83. The third-order valence-electron chi connectivity index (χ3n) is 2.62. The maximum absolute atomic E-state index is 11.8. The van der Waals surface area contributed by atoms with Crippen molar-refractivity contribution in [3.8, 4) is 0 Å². The van der Waals surface area contributed by atoms with Gasteiger partial charge in [-0.3, -0.25) is 14.9 Å². The van der Waals surface area contributed by atoms with Gasteiger partial charge in [0.15, 0.2) is 0 Å². The fourth-order valence-corrected chi connectivity index (χ4v) is 1.75. The maximum Gasteiger partial charge on any atom is 0.287 e. The van der Waals surface area contributed by atoms with E-state index >= 15 is 0 Å². The number of aromatic nitrogens is 1. The van der Waals surface area contributed by atoms with Crippen molar-refractivity contribution in [1.29, 1.82) is 0 Å². The summed E-state index contributed by atoms with van der Waals surface area (Å²) in [5.41, 5.74) is 5.81. The number of aromatic amines is 1. The van der Waals surface area contributed by atoms with Gasteiger partial charge in [0.05, 0.1) is 11.1 Å². The zero-order chi connectivity index (χ0) is 11.7. The van der Waals surface area contributed by atoms with Crippen LogP contribution in [0.4, 0.5) is 5.69 Å². The Labute approximate surface area is 91.4 Å². The number of carbonyl (C=O) groups is 1. The first-order chi connectivity index (χ1) is 7.58. The monoisotopic (exact) mass is 224 g/mol. The fraction of sp³-hybridized carbons (Fsp3) is 0.444. The molecule has 1 aliphatic rings. The van der Waals surface area contributed by atoms with E-state index in [1.165, 1.54) is 12.3 Å². The number of nitrogens with one attached hydrogen (secondary N) is 1. The molecule has 1 atom stereocenters. The molecule has 1 saturated heterocycles. The molecular weight excluding hydrogens is 212 g/mol. The van der Waals surface area contributed by atoms with Crippen molar-refractivity contribution in [2.45, 2.75) is 12.5 Å². The molecule has 1 aromatic rings. The summed E-state index contributed by atoms with van der Waals surface area (Å²) in [4.78, 5) is 26.0. The molecule has 1 unspecified atom stereocenters.